The van der Waals surface area contributed by atoms with Gasteiger partial charge in [-0.25, -0.2) is 4.98 Å². The second kappa shape index (κ2) is 4.73. The lowest BCUT2D eigenvalue weighted by Gasteiger charge is -2.08. The van der Waals surface area contributed by atoms with E-state index in [9.17, 15) is 0 Å². The molecule has 2 nitrogen and oxygen atoms in total. The predicted octanol–water partition coefficient (Wildman–Crippen LogP) is 3.75. The minimum atomic E-state index is 0.443. The molecule has 0 fully saturated rings. The van der Waals surface area contributed by atoms with Crippen LogP contribution in [0.1, 0.15) is 19.5 Å². The van der Waals surface area contributed by atoms with Gasteiger partial charge in [0.25, 0.3) is 0 Å². The number of hydrogen-bond acceptors (Lipinski definition) is 3. The lowest BCUT2D eigenvalue weighted by Crippen LogP contribution is -2.11. The molecule has 92 valence electrons. The molecule has 0 saturated heterocycles. The summed E-state index contributed by atoms with van der Waals surface area (Å²) in [7, 11) is 0. The molecule has 1 aliphatic heterocycles. The highest BCUT2D eigenvalue weighted by Crippen LogP contribution is 2.27. The Balaban J connectivity index is 1.98. The first-order valence-corrected chi connectivity index (χ1v) is 7.29. The zero-order valence-electron chi connectivity index (χ0n) is 10.6. The Bertz CT molecular complexity index is 604. The van der Waals surface area contributed by atoms with Crippen LogP contribution in [0.4, 0.5) is 0 Å². The number of fused-ring (bicyclic) bond motifs is 1. The molecule has 2 heterocycles. The van der Waals surface area contributed by atoms with E-state index in [4.69, 9.17) is 9.98 Å². The van der Waals surface area contributed by atoms with Crippen molar-refractivity contribution < 1.29 is 0 Å². The quantitative estimate of drug-likeness (QED) is 0.817. The Kier molecular flexibility index (Phi) is 3.08. The molecule has 0 saturated carbocycles. The minimum absolute atomic E-state index is 0.443. The summed E-state index contributed by atoms with van der Waals surface area (Å²) in [5.74, 6) is 1.69. The molecule has 0 amide bonds. The monoisotopic (exact) mass is 256 g/mol. The van der Waals surface area contributed by atoms with Crippen LogP contribution in [-0.2, 0) is 0 Å². The smallest absolute Gasteiger partial charge is 0.117 e. The predicted molar refractivity (Wildman–Crippen MR) is 79.4 cm³/mol. The van der Waals surface area contributed by atoms with Gasteiger partial charge in [-0.05, 0) is 18.1 Å². The highest BCUT2D eigenvalue weighted by Gasteiger charge is 2.22. The number of pyridine rings is 1. The SMILES string of the molecule is CC(C)[C@H]1CSC(c2ccc3ccccc3n2)=N1. The summed E-state index contributed by atoms with van der Waals surface area (Å²) in [5, 5.41) is 2.28. The lowest BCUT2D eigenvalue weighted by molar-refractivity contribution is 0.543. The van der Waals surface area contributed by atoms with Gasteiger partial charge in [-0.3, -0.25) is 4.99 Å². The molecule has 0 bridgehead atoms. The fourth-order valence-corrected chi connectivity index (χ4v) is 3.32. The number of aromatic nitrogens is 1. The van der Waals surface area contributed by atoms with Crippen molar-refractivity contribution in [1.29, 1.82) is 0 Å². The van der Waals surface area contributed by atoms with Crippen molar-refractivity contribution in [3.63, 3.8) is 0 Å². The molecule has 0 aliphatic carbocycles. The Morgan fingerprint density at radius 1 is 1.17 bits per heavy atom. The van der Waals surface area contributed by atoms with Gasteiger partial charge < -0.3 is 0 Å². The van der Waals surface area contributed by atoms with Gasteiger partial charge >= 0.3 is 0 Å². The average molecular weight is 256 g/mol. The number of rotatable bonds is 2. The molecule has 1 aromatic heterocycles. The Labute approximate surface area is 112 Å². The van der Waals surface area contributed by atoms with Gasteiger partial charge in [0.2, 0.25) is 0 Å². The molecule has 3 rings (SSSR count). The fourth-order valence-electron chi connectivity index (χ4n) is 2.06. The van der Waals surface area contributed by atoms with E-state index < -0.39 is 0 Å². The second-order valence-corrected chi connectivity index (χ2v) is 5.95. The highest BCUT2D eigenvalue weighted by molar-refractivity contribution is 8.14. The van der Waals surface area contributed by atoms with Crippen molar-refractivity contribution in [1.82, 2.24) is 4.98 Å². The molecule has 0 spiro atoms. The summed E-state index contributed by atoms with van der Waals surface area (Å²) in [5.41, 5.74) is 2.06. The van der Waals surface area contributed by atoms with Crippen LogP contribution < -0.4 is 0 Å². The summed E-state index contributed by atoms with van der Waals surface area (Å²) in [6.45, 7) is 4.46. The number of benzene rings is 1. The Morgan fingerprint density at radius 2 is 2.00 bits per heavy atom. The first-order chi connectivity index (χ1) is 8.74. The standard InChI is InChI=1S/C15H16N2S/c1-10(2)14-9-18-15(17-14)13-8-7-11-5-3-4-6-12(11)16-13/h3-8,10,14H,9H2,1-2H3/t14-/m1/s1. The van der Waals surface area contributed by atoms with Gasteiger partial charge in [-0.15, -0.1) is 11.8 Å². The van der Waals surface area contributed by atoms with Gasteiger partial charge in [0, 0.05) is 11.1 Å². The second-order valence-electron chi connectivity index (χ2n) is 4.95. The van der Waals surface area contributed by atoms with E-state index in [0.29, 0.717) is 12.0 Å². The molecule has 1 aromatic carbocycles. The number of nitrogens with zero attached hydrogens (tertiary/aromatic N) is 2. The molecule has 1 aliphatic rings. The van der Waals surface area contributed by atoms with E-state index in [-0.39, 0.29) is 0 Å². The third kappa shape index (κ3) is 2.15. The van der Waals surface area contributed by atoms with Crippen LogP contribution >= 0.6 is 11.8 Å². The van der Waals surface area contributed by atoms with E-state index in [0.717, 1.165) is 22.0 Å². The van der Waals surface area contributed by atoms with Crippen LogP contribution in [0.2, 0.25) is 0 Å². The number of aliphatic imine (C=N–C) groups is 1. The van der Waals surface area contributed by atoms with Gasteiger partial charge in [-0.1, -0.05) is 38.1 Å². The lowest BCUT2D eigenvalue weighted by atomic mass is 10.1. The fraction of sp³-hybridized carbons (Fsp3) is 0.333. The zero-order chi connectivity index (χ0) is 12.5. The van der Waals surface area contributed by atoms with E-state index in [1.54, 1.807) is 0 Å². The van der Waals surface area contributed by atoms with Crippen molar-refractivity contribution in [2.75, 3.05) is 5.75 Å². The van der Waals surface area contributed by atoms with E-state index in [1.165, 1.54) is 5.39 Å². The first kappa shape index (κ1) is 11.7. The van der Waals surface area contributed by atoms with Gasteiger partial charge in [-0.2, -0.15) is 0 Å². The largest absolute Gasteiger partial charge is 0.272 e. The first-order valence-electron chi connectivity index (χ1n) is 6.31. The van der Waals surface area contributed by atoms with Crippen molar-refractivity contribution >= 4 is 27.7 Å². The highest BCUT2D eigenvalue weighted by atomic mass is 32.2. The molecule has 3 heteroatoms. The van der Waals surface area contributed by atoms with Crippen LogP contribution in [0.25, 0.3) is 10.9 Å². The Hall–Kier alpha value is -1.35. The molecule has 0 radical (unpaired) electrons. The number of thioether (sulfide) groups is 1. The average Bonchev–Trinajstić information content (AvgIpc) is 2.88. The maximum atomic E-state index is 4.78. The third-order valence-electron chi connectivity index (χ3n) is 3.26. The molecular weight excluding hydrogens is 240 g/mol. The molecule has 2 aromatic rings. The van der Waals surface area contributed by atoms with Crippen LogP contribution in [0.3, 0.4) is 0 Å². The topological polar surface area (TPSA) is 25.2 Å². The summed E-state index contributed by atoms with van der Waals surface area (Å²) in [6, 6.07) is 12.9. The van der Waals surface area contributed by atoms with Crippen molar-refractivity contribution in [2.45, 2.75) is 19.9 Å². The van der Waals surface area contributed by atoms with Crippen LogP contribution in [0, 0.1) is 5.92 Å². The van der Waals surface area contributed by atoms with E-state index in [1.807, 2.05) is 23.9 Å². The summed E-state index contributed by atoms with van der Waals surface area (Å²) in [6.07, 6.45) is 0. The zero-order valence-corrected chi connectivity index (χ0v) is 11.4. The molecular formula is C15H16N2S. The summed E-state index contributed by atoms with van der Waals surface area (Å²) < 4.78 is 0. The van der Waals surface area contributed by atoms with Gasteiger partial charge in [0.05, 0.1) is 17.3 Å². The van der Waals surface area contributed by atoms with E-state index in [2.05, 4.69) is 38.1 Å². The minimum Gasteiger partial charge on any atom is -0.272 e. The molecule has 0 unspecified atom stereocenters. The van der Waals surface area contributed by atoms with Crippen LogP contribution in [0.15, 0.2) is 41.4 Å². The van der Waals surface area contributed by atoms with Gasteiger partial charge in [0.1, 0.15) is 5.04 Å². The van der Waals surface area contributed by atoms with E-state index >= 15 is 0 Å². The van der Waals surface area contributed by atoms with Crippen molar-refractivity contribution in [3.8, 4) is 0 Å². The van der Waals surface area contributed by atoms with Crippen molar-refractivity contribution in [3.05, 3.63) is 42.1 Å². The number of para-hydroxylation sites is 1. The normalized spacial score (nSPS) is 19.5. The molecule has 0 N–H and O–H groups in total. The van der Waals surface area contributed by atoms with Crippen molar-refractivity contribution in [2.24, 2.45) is 10.9 Å². The number of hydrogen-bond donors (Lipinski definition) is 0. The van der Waals surface area contributed by atoms with Crippen LogP contribution in [0.5, 0.6) is 0 Å². The molecule has 1 atom stereocenters. The summed E-state index contributed by atoms with van der Waals surface area (Å²) in [4.78, 5) is 9.48. The maximum absolute atomic E-state index is 4.78. The third-order valence-corrected chi connectivity index (χ3v) is 4.36. The maximum Gasteiger partial charge on any atom is 0.117 e. The van der Waals surface area contributed by atoms with Gasteiger partial charge in [0.15, 0.2) is 0 Å². The summed E-state index contributed by atoms with van der Waals surface area (Å²) >= 11 is 1.83. The van der Waals surface area contributed by atoms with Crippen LogP contribution in [-0.4, -0.2) is 21.8 Å². The molecule has 18 heavy (non-hydrogen) atoms. The Morgan fingerprint density at radius 3 is 2.78 bits per heavy atom.